The predicted octanol–water partition coefficient (Wildman–Crippen LogP) is 6.80. The van der Waals surface area contributed by atoms with Crippen LogP contribution in [0.25, 0.3) is 0 Å². The fraction of sp³-hybridized carbons (Fsp3) is 0.167. The number of carbonyl (C=O) groups is 2. The summed E-state index contributed by atoms with van der Waals surface area (Å²) in [5, 5.41) is 6.37. The van der Waals surface area contributed by atoms with Crippen LogP contribution >= 0.6 is 23.2 Å². The standard InChI is InChI=1S/C24H22Cl2N2O2/c1-24(2,3)16-6-4-15(5-7-16)22(29)27-18-9-11-19(12-10-18)28-23(30)20-13-8-17(25)14-21(20)26/h4-14H,1-3H3,(H,27,29)(H,28,30). The van der Waals surface area contributed by atoms with Crippen molar-refractivity contribution in [2.45, 2.75) is 26.2 Å². The van der Waals surface area contributed by atoms with E-state index in [9.17, 15) is 9.59 Å². The molecule has 3 aromatic rings. The van der Waals surface area contributed by atoms with Crippen LogP contribution in [0.15, 0.2) is 66.7 Å². The molecule has 30 heavy (non-hydrogen) atoms. The van der Waals surface area contributed by atoms with E-state index in [1.54, 1.807) is 36.4 Å². The van der Waals surface area contributed by atoms with E-state index in [-0.39, 0.29) is 22.3 Å². The first-order valence-electron chi connectivity index (χ1n) is 9.42. The van der Waals surface area contributed by atoms with Crippen LogP contribution in [0.2, 0.25) is 10.0 Å². The van der Waals surface area contributed by atoms with Crippen LogP contribution in [-0.2, 0) is 5.41 Å². The number of hydrogen-bond donors (Lipinski definition) is 2. The molecule has 0 fully saturated rings. The maximum Gasteiger partial charge on any atom is 0.257 e. The Balaban J connectivity index is 1.64. The van der Waals surface area contributed by atoms with Gasteiger partial charge in [0.25, 0.3) is 11.8 Å². The summed E-state index contributed by atoms with van der Waals surface area (Å²) in [4.78, 5) is 24.9. The van der Waals surface area contributed by atoms with E-state index in [1.165, 1.54) is 11.6 Å². The van der Waals surface area contributed by atoms with Gasteiger partial charge in [-0.2, -0.15) is 0 Å². The molecule has 0 unspecified atom stereocenters. The minimum absolute atomic E-state index is 0.0332. The van der Waals surface area contributed by atoms with Crippen LogP contribution in [-0.4, -0.2) is 11.8 Å². The molecule has 4 nitrogen and oxygen atoms in total. The SMILES string of the molecule is CC(C)(C)c1ccc(C(=O)Nc2ccc(NC(=O)c3ccc(Cl)cc3Cl)cc2)cc1. The van der Waals surface area contributed by atoms with Gasteiger partial charge in [-0.15, -0.1) is 0 Å². The fourth-order valence-corrected chi connectivity index (χ4v) is 3.33. The second-order valence-corrected chi connectivity index (χ2v) is 8.78. The summed E-state index contributed by atoms with van der Waals surface area (Å²) in [5.74, 6) is -0.535. The average molecular weight is 441 g/mol. The summed E-state index contributed by atoms with van der Waals surface area (Å²) in [6, 6.07) is 19.1. The van der Waals surface area contributed by atoms with E-state index in [0.29, 0.717) is 27.5 Å². The molecule has 0 saturated carbocycles. The first-order chi connectivity index (χ1) is 14.1. The number of carbonyl (C=O) groups excluding carboxylic acids is 2. The fourth-order valence-electron chi connectivity index (χ4n) is 2.83. The molecule has 2 amide bonds. The van der Waals surface area contributed by atoms with Gasteiger partial charge in [0.1, 0.15) is 0 Å². The quantitative estimate of drug-likeness (QED) is 0.468. The maximum absolute atomic E-state index is 12.5. The van der Waals surface area contributed by atoms with Gasteiger partial charge in [-0.1, -0.05) is 56.1 Å². The Morgan fingerprint density at radius 3 is 1.77 bits per heavy atom. The van der Waals surface area contributed by atoms with Gasteiger partial charge in [-0.05, 0) is 65.6 Å². The molecular weight excluding hydrogens is 419 g/mol. The van der Waals surface area contributed by atoms with Gasteiger partial charge in [0.2, 0.25) is 0 Å². The van der Waals surface area contributed by atoms with Crippen LogP contribution in [0, 0.1) is 0 Å². The number of rotatable bonds is 4. The second-order valence-electron chi connectivity index (χ2n) is 7.94. The van der Waals surface area contributed by atoms with Crippen molar-refractivity contribution >= 4 is 46.4 Å². The molecule has 0 aliphatic carbocycles. The van der Waals surface area contributed by atoms with Gasteiger partial charge in [-0.3, -0.25) is 9.59 Å². The number of nitrogens with one attached hydrogen (secondary N) is 2. The molecule has 0 aromatic heterocycles. The number of halogens is 2. The van der Waals surface area contributed by atoms with Gasteiger partial charge < -0.3 is 10.6 Å². The molecule has 6 heteroatoms. The normalized spacial score (nSPS) is 11.1. The zero-order chi connectivity index (χ0) is 21.9. The lowest BCUT2D eigenvalue weighted by molar-refractivity contribution is 0.101. The minimum Gasteiger partial charge on any atom is -0.322 e. The summed E-state index contributed by atoms with van der Waals surface area (Å²) in [6.45, 7) is 6.38. The molecule has 0 bridgehead atoms. The van der Waals surface area contributed by atoms with E-state index in [2.05, 4.69) is 31.4 Å². The van der Waals surface area contributed by atoms with Gasteiger partial charge in [-0.25, -0.2) is 0 Å². The van der Waals surface area contributed by atoms with Crippen LogP contribution in [0.4, 0.5) is 11.4 Å². The number of benzene rings is 3. The summed E-state index contributed by atoms with van der Waals surface area (Å²) in [5.41, 5.74) is 3.32. The Hall–Kier alpha value is -2.82. The van der Waals surface area contributed by atoms with Crippen LogP contribution in [0.3, 0.4) is 0 Å². The third-order valence-electron chi connectivity index (χ3n) is 4.59. The van der Waals surface area contributed by atoms with Crippen molar-refractivity contribution in [3.63, 3.8) is 0 Å². The zero-order valence-corrected chi connectivity index (χ0v) is 18.4. The molecule has 0 radical (unpaired) electrons. The molecule has 0 atom stereocenters. The van der Waals surface area contributed by atoms with E-state index < -0.39 is 0 Å². The molecule has 0 aliphatic heterocycles. The van der Waals surface area contributed by atoms with Gasteiger partial charge >= 0.3 is 0 Å². The predicted molar refractivity (Wildman–Crippen MR) is 124 cm³/mol. The monoisotopic (exact) mass is 440 g/mol. The lowest BCUT2D eigenvalue weighted by atomic mass is 9.87. The molecule has 0 heterocycles. The Morgan fingerprint density at radius 1 is 0.733 bits per heavy atom. The highest BCUT2D eigenvalue weighted by Gasteiger charge is 2.15. The Kier molecular flexibility index (Phi) is 6.49. The van der Waals surface area contributed by atoms with Crippen molar-refractivity contribution in [3.8, 4) is 0 Å². The van der Waals surface area contributed by atoms with Crippen molar-refractivity contribution in [2.75, 3.05) is 10.6 Å². The van der Waals surface area contributed by atoms with Gasteiger partial charge in [0.05, 0.1) is 10.6 Å². The first-order valence-corrected chi connectivity index (χ1v) is 10.2. The summed E-state index contributed by atoms with van der Waals surface area (Å²) >= 11 is 11.9. The van der Waals surface area contributed by atoms with E-state index in [1.807, 2.05) is 24.3 Å². The Bertz CT molecular complexity index is 1070. The molecule has 2 N–H and O–H groups in total. The van der Waals surface area contributed by atoms with Crippen molar-refractivity contribution in [1.82, 2.24) is 0 Å². The minimum atomic E-state index is -0.340. The largest absolute Gasteiger partial charge is 0.322 e. The highest BCUT2D eigenvalue weighted by atomic mass is 35.5. The van der Waals surface area contributed by atoms with E-state index >= 15 is 0 Å². The van der Waals surface area contributed by atoms with E-state index in [4.69, 9.17) is 23.2 Å². The summed E-state index contributed by atoms with van der Waals surface area (Å²) < 4.78 is 0. The maximum atomic E-state index is 12.5. The highest BCUT2D eigenvalue weighted by molar-refractivity contribution is 6.37. The van der Waals surface area contributed by atoms with Crippen LogP contribution < -0.4 is 10.6 Å². The van der Waals surface area contributed by atoms with Crippen molar-refractivity contribution in [3.05, 3.63) is 93.5 Å². The van der Waals surface area contributed by atoms with Crippen molar-refractivity contribution in [1.29, 1.82) is 0 Å². The smallest absolute Gasteiger partial charge is 0.257 e. The molecule has 154 valence electrons. The number of amides is 2. The molecule has 3 aromatic carbocycles. The number of hydrogen-bond acceptors (Lipinski definition) is 2. The lowest BCUT2D eigenvalue weighted by Crippen LogP contribution is -2.14. The van der Waals surface area contributed by atoms with Gasteiger partial charge in [0, 0.05) is 22.0 Å². The zero-order valence-electron chi connectivity index (χ0n) is 16.9. The highest BCUT2D eigenvalue weighted by Crippen LogP contribution is 2.24. The second kappa shape index (κ2) is 8.90. The molecule has 0 spiro atoms. The molecule has 3 rings (SSSR count). The lowest BCUT2D eigenvalue weighted by Gasteiger charge is -2.19. The summed E-state index contributed by atoms with van der Waals surface area (Å²) in [7, 11) is 0. The molecule has 0 aliphatic rings. The molecular formula is C24H22Cl2N2O2. The van der Waals surface area contributed by atoms with Crippen LogP contribution in [0.1, 0.15) is 47.1 Å². The Labute approximate surface area is 186 Å². The third-order valence-corrected chi connectivity index (χ3v) is 5.14. The average Bonchev–Trinajstić information content (AvgIpc) is 2.68. The van der Waals surface area contributed by atoms with Gasteiger partial charge in [0.15, 0.2) is 0 Å². The van der Waals surface area contributed by atoms with E-state index in [0.717, 1.165) is 0 Å². The Morgan fingerprint density at radius 2 is 1.27 bits per heavy atom. The van der Waals surface area contributed by atoms with Crippen molar-refractivity contribution in [2.24, 2.45) is 0 Å². The first kappa shape index (κ1) is 21.9. The summed E-state index contributed by atoms with van der Waals surface area (Å²) in [6.07, 6.45) is 0. The topological polar surface area (TPSA) is 58.2 Å². The molecule has 0 saturated heterocycles. The van der Waals surface area contributed by atoms with Crippen LogP contribution in [0.5, 0.6) is 0 Å². The third kappa shape index (κ3) is 5.41. The number of anilines is 2. The van der Waals surface area contributed by atoms with Crippen molar-refractivity contribution < 1.29 is 9.59 Å².